The summed E-state index contributed by atoms with van der Waals surface area (Å²) in [6.07, 6.45) is 0. The van der Waals surface area contributed by atoms with Gasteiger partial charge in [-0.2, -0.15) is 0 Å². The molecular weight excluding hydrogens is 249 g/mol. The van der Waals surface area contributed by atoms with E-state index in [0.29, 0.717) is 0 Å². The second kappa shape index (κ2) is 5.21. The molecule has 0 bridgehead atoms. The first-order valence-corrected chi connectivity index (χ1v) is 4.63. The van der Waals surface area contributed by atoms with Gasteiger partial charge in [0.15, 0.2) is 5.92 Å². The van der Waals surface area contributed by atoms with Crippen LogP contribution in [0, 0.1) is 15.9 Å². The normalized spacial score (nSPS) is 11.7. The highest BCUT2D eigenvalue weighted by Crippen LogP contribution is 2.30. The summed E-state index contributed by atoms with van der Waals surface area (Å²) in [6.45, 7) is 0. The molecule has 0 radical (unpaired) electrons. The minimum Gasteiger partial charge on any atom is -0.480 e. The maximum absolute atomic E-state index is 13.5. The zero-order valence-electron chi connectivity index (χ0n) is 9.12. The Kier molecular flexibility index (Phi) is 3.93. The topological polar surface area (TPSA) is 107 Å². The minimum atomic E-state index is -2.07. The van der Waals surface area contributed by atoms with Crippen LogP contribution in [0.25, 0.3) is 0 Å². The molecule has 1 unspecified atom stereocenters. The second-order valence-corrected chi connectivity index (χ2v) is 3.22. The van der Waals surface area contributed by atoms with E-state index < -0.39 is 39.8 Å². The monoisotopic (exact) mass is 257 g/mol. The molecular formula is C10H8FNO6. The van der Waals surface area contributed by atoms with Gasteiger partial charge in [-0.3, -0.25) is 19.7 Å². The Bertz CT molecular complexity index is 515. The predicted molar refractivity (Wildman–Crippen MR) is 55.4 cm³/mol. The van der Waals surface area contributed by atoms with Gasteiger partial charge in [-0.25, -0.2) is 4.39 Å². The summed E-state index contributed by atoms with van der Waals surface area (Å²) in [5, 5.41) is 19.6. The molecule has 0 amide bonds. The van der Waals surface area contributed by atoms with Crippen molar-refractivity contribution in [3.63, 3.8) is 0 Å². The summed E-state index contributed by atoms with van der Waals surface area (Å²) in [6, 6.07) is 2.80. The van der Waals surface area contributed by atoms with Crippen molar-refractivity contribution in [2.75, 3.05) is 7.11 Å². The number of methoxy groups -OCH3 is 1. The van der Waals surface area contributed by atoms with Crippen LogP contribution < -0.4 is 0 Å². The molecule has 1 aromatic rings. The van der Waals surface area contributed by atoms with Crippen molar-refractivity contribution in [3.8, 4) is 0 Å². The highest BCUT2D eigenvalue weighted by atomic mass is 19.1. The van der Waals surface area contributed by atoms with Gasteiger partial charge in [-0.1, -0.05) is 6.07 Å². The quantitative estimate of drug-likeness (QED) is 0.374. The lowest BCUT2D eigenvalue weighted by Crippen LogP contribution is -2.24. The largest absolute Gasteiger partial charge is 0.480 e. The SMILES string of the molecule is COC(=O)C(C(=O)O)c1c(F)cccc1[N+](=O)[O-]. The summed E-state index contributed by atoms with van der Waals surface area (Å²) >= 11 is 0. The molecule has 0 heterocycles. The van der Waals surface area contributed by atoms with Crippen LogP contribution >= 0.6 is 0 Å². The first-order valence-electron chi connectivity index (χ1n) is 4.63. The molecule has 0 aliphatic rings. The molecule has 18 heavy (non-hydrogen) atoms. The minimum absolute atomic E-state index is 0.784. The van der Waals surface area contributed by atoms with E-state index in [9.17, 15) is 24.1 Å². The van der Waals surface area contributed by atoms with Crippen LogP contribution in [-0.2, 0) is 14.3 Å². The fourth-order valence-corrected chi connectivity index (χ4v) is 1.43. The van der Waals surface area contributed by atoms with Gasteiger partial charge in [0.05, 0.1) is 17.6 Å². The van der Waals surface area contributed by atoms with Gasteiger partial charge in [-0.15, -0.1) is 0 Å². The highest BCUT2D eigenvalue weighted by molar-refractivity contribution is 6.00. The van der Waals surface area contributed by atoms with Crippen molar-refractivity contribution in [2.24, 2.45) is 0 Å². The number of hydrogen-bond acceptors (Lipinski definition) is 5. The molecule has 1 aromatic carbocycles. The van der Waals surface area contributed by atoms with E-state index in [1.807, 2.05) is 0 Å². The Labute approximate surface area is 99.9 Å². The molecule has 1 rings (SSSR count). The van der Waals surface area contributed by atoms with Crippen molar-refractivity contribution in [1.82, 2.24) is 0 Å². The van der Waals surface area contributed by atoms with E-state index in [2.05, 4.69) is 4.74 Å². The Morgan fingerprint density at radius 3 is 2.56 bits per heavy atom. The smallest absolute Gasteiger partial charge is 0.325 e. The lowest BCUT2D eigenvalue weighted by atomic mass is 9.97. The molecule has 8 heteroatoms. The Morgan fingerprint density at radius 2 is 2.11 bits per heavy atom. The number of benzene rings is 1. The fraction of sp³-hybridized carbons (Fsp3) is 0.200. The van der Waals surface area contributed by atoms with E-state index in [-0.39, 0.29) is 0 Å². The summed E-state index contributed by atoms with van der Waals surface area (Å²) < 4.78 is 17.8. The lowest BCUT2D eigenvalue weighted by molar-refractivity contribution is -0.385. The van der Waals surface area contributed by atoms with Crippen LogP contribution in [0.4, 0.5) is 10.1 Å². The number of nitrogens with zero attached hydrogens (tertiary/aromatic N) is 1. The number of nitro benzene ring substituents is 1. The number of carboxylic acids is 1. The molecule has 0 aliphatic heterocycles. The Hall–Kier alpha value is -2.51. The number of carbonyl (C=O) groups excluding carboxylic acids is 1. The Balaban J connectivity index is 3.49. The van der Waals surface area contributed by atoms with Crippen LogP contribution in [0.5, 0.6) is 0 Å². The molecule has 0 saturated carbocycles. The fourth-order valence-electron chi connectivity index (χ4n) is 1.43. The average molecular weight is 257 g/mol. The van der Waals surface area contributed by atoms with Crippen molar-refractivity contribution in [3.05, 3.63) is 39.7 Å². The highest BCUT2D eigenvalue weighted by Gasteiger charge is 2.37. The first-order chi connectivity index (χ1) is 8.40. The average Bonchev–Trinajstić information content (AvgIpc) is 2.30. The van der Waals surface area contributed by atoms with E-state index >= 15 is 0 Å². The molecule has 0 aliphatic carbocycles. The van der Waals surface area contributed by atoms with Crippen molar-refractivity contribution in [1.29, 1.82) is 0 Å². The third-order valence-electron chi connectivity index (χ3n) is 2.20. The van der Waals surface area contributed by atoms with Gasteiger partial charge in [0.2, 0.25) is 0 Å². The predicted octanol–water partition coefficient (Wildman–Crippen LogP) is 1.08. The summed E-state index contributed by atoms with van der Waals surface area (Å²) in [4.78, 5) is 32.0. The van der Waals surface area contributed by atoms with Crippen LogP contribution in [0.3, 0.4) is 0 Å². The molecule has 0 saturated heterocycles. The number of carboxylic acid groups (broad SMARTS) is 1. The number of rotatable bonds is 4. The zero-order chi connectivity index (χ0) is 13.9. The third-order valence-corrected chi connectivity index (χ3v) is 2.20. The molecule has 0 spiro atoms. The molecule has 7 nitrogen and oxygen atoms in total. The van der Waals surface area contributed by atoms with Gasteiger partial charge in [0, 0.05) is 6.07 Å². The van der Waals surface area contributed by atoms with E-state index in [1.165, 1.54) is 0 Å². The zero-order valence-corrected chi connectivity index (χ0v) is 9.12. The molecule has 1 N–H and O–H groups in total. The van der Waals surface area contributed by atoms with Gasteiger partial charge in [0.1, 0.15) is 5.82 Å². The molecule has 0 aromatic heterocycles. The van der Waals surface area contributed by atoms with Gasteiger partial charge in [0.25, 0.3) is 5.69 Å². The van der Waals surface area contributed by atoms with E-state index in [4.69, 9.17) is 5.11 Å². The molecule has 0 fully saturated rings. The van der Waals surface area contributed by atoms with Crippen LogP contribution in [-0.4, -0.2) is 29.1 Å². The molecule has 96 valence electrons. The summed E-state index contributed by atoms with van der Waals surface area (Å²) in [5.41, 5.74) is -1.60. The van der Waals surface area contributed by atoms with E-state index in [0.717, 1.165) is 25.3 Å². The van der Waals surface area contributed by atoms with Crippen molar-refractivity contribution in [2.45, 2.75) is 5.92 Å². The van der Waals surface area contributed by atoms with Crippen molar-refractivity contribution < 1.29 is 28.7 Å². The van der Waals surface area contributed by atoms with Gasteiger partial charge >= 0.3 is 11.9 Å². The Morgan fingerprint density at radius 1 is 1.50 bits per heavy atom. The molecule has 1 atom stereocenters. The summed E-state index contributed by atoms with van der Waals surface area (Å²) in [7, 11) is 0.908. The maximum atomic E-state index is 13.5. The number of carbonyl (C=O) groups is 2. The maximum Gasteiger partial charge on any atom is 0.325 e. The number of ether oxygens (including phenoxy) is 1. The van der Waals surface area contributed by atoms with Gasteiger partial charge < -0.3 is 9.84 Å². The van der Waals surface area contributed by atoms with Crippen molar-refractivity contribution >= 4 is 17.6 Å². The number of hydrogen-bond donors (Lipinski definition) is 1. The third kappa shape index (κ3) is 2.42. The number of nitro groups is 1. The van der Waals surface area contributed by atoms with Crippen LogP contribution in [0.1, 0.15) is 11.5 Å². The standard InChI is InChI=1S/C10H8FNO6/c1-18-10(15)8(9(13)14)7-5(11)3-2-4-6(7)12(16)17/h2-4,8H,1H3,(H,13,14). The number of esters is 1. The number of halogens is 1. The first kappa shape index (κ1) is 13.6. The lowest BCUT2D eigenvalue weighted by Gasteiger charge is -2.11. The second-order valence-electron chi connectivity index (χ2n) is 3.22. The van der Waals surface area contributed by atoms with E-state index in [1.54, 1.807) is 0 Å². The number of aliphatic carboxylic acids is 1. The van der Waals surface area contributed by atoms with Gasteiger partial charge in [-0.05, 0) is 6.07 Å². The van der Waals surface area contributed by atoms with Crippen LogP contribution in [0.2, 0.25) is 0 Å². The summed E-state index contributed by atoms with van der Waals surface area (Å²) in [5.74, 6) is -6.23. The van der Waals surface area contributed by atoms with Crippen LogP contribution in [0.15, 0.2) is 18.2 Å².